The first-order valence-electron chi connectivity index (χ1n) is 6.19. The van der Waals surface area contributed by atoms with E-state index >= 15 is 0 Å². The maximum atomic E-state index is 4.30. The van der Waals surface area contributed by atoms with Crippen LogP contribution in [0.3, 0.4) is 0 Å². The highest BCUT2D eigenvalue weighted by atomic mass is 15.2. The molecule has 0 aliphatic carbocycles. The highest BCUT2D eigenvalue weighted by Crippen LogP contribution is 2.23. The zero-order valence-corrected chi connectivity index (χ0v) is 10.5. The van der Waals surface area contributed by atoms with E-state index in [1.165, 1.54) is 25.0 Å². The molecule has 0 fully saturated rings. The molecule has 1 aliphatic rings. The average Bonchev–Trinajstić information content (AvgIpc) is 2.50. The van der Waals surface area contributed by atoms with Gasteiger partial charge in [-0.05, 0) is 30.8 Å². The van der Waals surface area contributed by atoms with Crippen molar-refractivity contribution in [3.63, 3.8) is 0 Å². The summed E-state index contributed by atoms with van der Waals surface area (Å²) in [5.41, 5.74) is 1.19. The molecule has 0 N–H and O–H groups in total. The molecular formula is C13H24N2. The molecule has 2 heteroatoms. The van der Waals surface area contributed by atoms with Crippen molar-refractivity contribution in [3.8, 4) is 0 Å². The van der Waals surface area contributed by atoms with Crippen LogP contribution in [0.1, 0.15) is 53.4 Å². The smallest absolute Gasteiger partial charge is 0.0914 e. The Labute approximate surface area is 93.9 Å². The minimum atomic E-state index is 0.373. The van der Waals surface area contributed by atoms with Gasteiger partial charge in [0.15, 0.2) is 0 Å². The second kappa shape index (κ2) is 6.04. The van der Waals surface area contributed by atoms with Gasteiger partial charge in [0.2, 0.25) is 0 Å². The molecule has 0 aromatic rings. The van der Waals surface area contributed by atoms with Crippen molar-refractivity contribution in [3.05, 3.63) is 11.8 Å². The third kappa shape index (κ3) is 5.10. The third-order valence-corrected chi connectivity index (χ3v) is 2.62. The molecular weight excluding hydrogens is 184 g/mol. The van der Waals surface area contributed by atoms with Crippen LogP contribution >= 0.6 is 0 Å². The van der Waals surface area contributed by atoms with Gasteiger partial charge in [-0.2, -0.15) is 10.2 Å². The van der Waals surface area contributed by atoms with E-state index in [9.17, 15) is 0 Å². The zero-order valence-electron chi connectivity index (χ0n) is 10.5. The summed E-state index contributed by atoms with van der Waals surface area (Å²) in [4.78, 5) is 0. The number of rotatable bonds is 6. The molecule has 15 heavy (non-hydrogen) atoms. The molecule has 2 nitrogen and oxygen atoms in total. The predicted molar refractivity (Wildman–Crippen MR) is 64.9 cm³/mol. The number of hydrogen-bond donors (Lipinski definition) is 0. The Balaban J connectivity index is 2.23. The lowest BCUT2D eigenvalue weighted by Crippen LogP contribution is -1.98. The van der Waals surface area contributed by atoms with E-state index in [-0.39, 0.29) is 0 Å². The van der Waals surface area contributed by atoms with Crippen LogP contribution in [0.15, 0.2) is 22.0 Å². The van der Waals surface area contributed by atoms with Crippen molar-refractivity contribution in [2.24, 2.45) is 22.1 Å². The monoisotopic (exact) mass is 208 g/mol. The van der Waals surface area contributed by atoms with Crippen molar-refractivity contribution >= 4 is 0 Å². The zero-order chi connectivity index (χ0) is 11.3. The van der Waals surface area contributed by atoms with E-state index in [0.29, 0.717) is 12.0 Å². The molecule has 0 saturated carbocycles. The standard InChI is InChI=1S/C13H24N2/c1-10(2)6-5-7-12-9-13(15-14-12)8-11(3)4/h9-12H,5-8H2,1-4H3. The molecule has 0 aromatic heterocycles. The fourth-order valence-electron chi connectivity index (χ4n) is 1.84. The lowest BCUT2D eigenvalue weighted by atomic mass is 10.0. The quantitative estimate of drug-likeness (QED) is 0.610. The fourth-order valence-corrected chi connectivity index (χ4v) is 1.84. The van der Waals surface area contributed by atoms with Gasteiger partial charge in [-0.3, -0.25) is 0 Å². The van der Waals surface area contributed by atoms with E-state index < -0.39 is 0 Å². The number of allylic oxidation sites excluding steroid dienone is 1. The van der Waals surface area contributed by atoms with Gasteiger partial charge >= 0.3 is 0 Å². The van der Waals surface area contributed by atoms with Crippen LogP contribution in [-0.4, -0.2) is 6.04 Å². The van der Waals surface area contributed by atoms with Crippen molar-refractivity contribution in [1.29, 1.82) is 0 Å². The largest absolute Gasteiger partial charge is 0.181 e. The summed E-state index contributed by atoms with van der Waals surface area (Å²) in [5, 5.41) is 8.54. The van der Waals surface area contributed by atoms with Crippen molar-refractivity contribution < 1.29 is 0 Å². The molecule has 0 amide bonds. The topological polar surface area (TPSA) is 24.7 Å². The highest BCUT2D eigenvalue weighted by Gasteiger charge is 2.13. The second-order valence-corrected chi connectivity index (χ2v) is 5.36. The van der Waals surface area contributed by atoms with Crippen LogP contribution in [0.25, 0.3) is 0 Å². The summed E-state index contributed by atoms with van der Waals surface area (Å²) in [5.74, 6) is 1.49. The number of hydrogen-bond acceptors (Lipinski definition) is 2. The molecule has 1 atom stereocenters. The first-order chi connectivity index (χ1) is 7.08. The predicted octanol–water partition coefficient (Wildman–Crippen LogP) is 4.58. The van der Waals surface area contributed by atoms with Gasteiger partial charge in [-0.1, -0.05) is 40.5 Å². The SMILES string of the molecule is CC(C)CCCC1C=C(CC(C)C)N=N1. The molecule has 1 rings (SSSR count). The van der Waals surface area contributed by atoms with Gasteiger partial charge in [0.1, 0.15) is 0 Å². The molecule has 1 heterocycles. The van der Waals surface area contributed by atoms with Crippen molar-refractivity contribution in [1.82, 2.24) is 0 Å². The Morgan fingerprint density at radius 3 is 2.53 bits per heavy atom. The van der Waals surface area contributed by atoms with Gasteiger partial charge in [0.25, 0.3) is 0 Å². The molecule has 0 bridgehead atoms. The third-order valence-electron chi connectivity index (χ3n) is 2.62. The van der Waals surface area contributed by atoms with Crippen LogP contribution in [-0.2, 0) is 0 Å². The van der Waals surface area contributed by atoms with Crippen molar-refractivity contribution in [2.45, 2.75) is 59.4 Å². The lowest BCUT2D eigenvalue weighted by molar-refractivity contribution is 0.522. The number of azo groups is 1. The first-order valence-corrected chi connectivity index (χ1v) is 6.19. The Hall–Kier alpha value is -0.660. The summed E-state index contributed by atoms with van der Waals surface area (Å²) < 4.78 is 0. The molecule has 1 unspecified atom stereocenters. The fraction of sp³-hybridized carbons (Fsp3) is 0.846. The summed E-state index contributed by atoms with van der Waals surface area (Å²) >= 11 is 0. The molecule has 0 radical (unpaired) electrons. The minimum absolute atomic E-state index is 0.373. The first kappa shape index (κ1) is 12.4. The Bertz CT molecular complexity index is 239. The van der Waals surface area contributed by atoms with Gasteiger partial charge in [-0.25, -0.2) is 0 Å². The summed E-state index contributed by atoms with van der Waals surface area (Å²) in [6, 6.07) is 0.373. The van der Waals surface area contributed by atoms with E-state index in [1.807, 2.05) is 0 Å². The van der Waals surface area contributed by atoms with Crippen LogP contribution in [0.4, 0.5) is 0 Å². The van der Waals surface area contributed by atoms with Crippen LogP contribution < -0.4 is 0 Å². The van der Waals surface area contributed by atoms with Crippen LogP contribution in [0, 0.1) is 11.8 Å². The Kier molecular flexibility index (Phi) is 5.00. The molecule has 1 aliphatic heterocycles. The van der Waals surface area contributed by atoms with Crippen molar-refractivity contribution in [2.75, 3.05) is 0 Å². The average molecular weight is 208 g/mol. The maximum Gasteiger partial charge on any atom is 0.0914 e. The summed E-state index contributed by atoms with van der Waals surface area (Å²) in [6.45, 7) is 9.00. The van der Waals surface area contributed by atoms with Gasteiger partial charge < -0.3 is 0 Å². The molecule has 0 saturated heterocycles. The normalized spacial score (nSPS) is 20.4. The minimum Gasteiger partial charge on any atom is -0.181 e. The Morgan fingerprint density at radius 1 is 1.20 bits per heavy atom. The van der Waals surface area contributed by atoms with E-state index in [1.54, 1.807) is 0 Å². The lowest BCUT2D eigenvalue weighted by Gasteiger charge is -2.05. The summed E-state index contributed by atoms with van der Waals surface area (Å²) in [7, 11) is 0. The number of nitrogens with zero attached hydrogens (tertiary/aromatic N) is 2. The molecule has 0 aromatic carbocycles. The second-order valence-electron chi connectivity index (χ2n) is 5.36. The van der Waals surface area contributed by atoms with Crippen LogP contribution in [0.2, 0.25) is 0 Å². The van der Waals surface area contributed by atoms with Crippen LogP contribution in [0.5, 0.6) is 0 Å². The molecule has 86 valence electrons. The van der Waals surface area contributed by atoms with E-state index in [2.05, 4.69) is 44.0 Å². The molecule has 0 spiro atoms. The van der Waals surface area contributed by atoms with E-state index in [4.69, 9.17) is 0 Å². The van der Waals surface area contributed by atoms with Gasteiger partial charge in [-0.15, -0.1) is 0 Å². The highest BCUT2D eigenvalue weighted by molar-refractivity contribution is 5.09. The Morgan fingerprint density at radius 2 is 1.93 bits per heavy atom. The van der Waals surface area contributed by atoms with Gasteiger partial charge in [0.05, 0.1) is 11.7 Å². The van der Waals surface area contributed by atoms with Gasteiger partial charge in [0, 0.05) is 0 Å². The maximum absolute atomic E-state index is 4.30. The van der Waals surface area contributed by atoms with E-state index in [0.717, 1.165) is 12.3 Å². The summed E-state index contributed by atoms with van der Waals surface area (Å²) in [6.07, 6.45) is 7.07.